The molecule has 0 amide bonds. The molecule has 11 heavy (non-hydrogen) atoms. The second kappa shape index (κ2) is 4.18. The molecule has 1 atom stereocenters. The minimum atomic E-state index is -0.337. The van der Waals surface area contributed by atoms with Gasteiger partial charge in [0.25, 0.3) is 0 Å². The fraction of sp³-hybridized carbons (Fsp3) is 0.571. The lowest BCUT2D eigenvalue weighted by Gasteiger charge is -1.99. The third-order valence-corrected chi connectivity index (χ3v) is 1.15. The summed E-state index contributed by atoms with van der Waals surface area (Å²) >= 11 is 0. The largest absolute Gasteiger partial charge is 0.459 e. The number of carbonyl (C=O) groups excluding carboxylic acids is 1. The van der Waals surface area contributed by atoms with Gasteiger partial charge in [-0.25, -0.2) is 4.79 Å². The number of hydrogen-bond acceptors (Lipinski definition) is 3. The van der Waals surface area contributed by atoms with Crippen molar-refractivity contribution in [2.24, 2.45) is 0 Å². The van der Waals surface area contributed by atoms with Crippen LogP contribution in [0.3, 0.4) is 0 Å². The van der Waals surface area contributed by atoms with Gasteiger partial charge in [-0.15, -0.1) is 0 Å². The van der Waals surface area contributed by atoms with Crippen molar-refractivity contribution < 1.29 is 14.3 Å². The molecule has 0 aromatic carbocycles. The van der Waals surface area contributed by atoms with Crippen molar-refractivity contribution in [1.82, 2.24) is 0 Å². The first kappa shape index (κ1) is 10.2. The average molecular weight is 153 g/mol. The van der Waals surface area contributed by atoms with Crippen molar-refractivity contribution in [2.45, 2.75) is 13.0 Å². The van der Waals surface area contributed by atoms with Crippen LogP contribution in [0.4, 0.5) is 0 Å². The minimum absolute atomic E-state index is 0. The van der Waals surface area contributed by atoms with E-state index in [0.717, 1.165) is 0 Å². The predicted octanol–water partition coefficient (Wildman–Crippen LogP) is 0.124. The number of esters is 1. The minimum Gasteiger partial charge on any atom is -0.459 e. The molecule has 0 aliphatic carbocycles. The molecule has 3 nitrogen and oxygen atoms in total. The highest BCUT2D eigenvalue weighted by molar-refractivity contribution is 5.86. The molecule has 0 bridgehead atoms. The molecule has 1 heterocycles. The van der Waals surface area contributed by atoms with Gasteiger partial charge in [-0.3, -0.25) is 0 Å². The van der Waals surface area contributed by atoms with E-state index in [1.165, 1.54) is 0 Å². The van der Waals surface area contributed by atoms with Crippen LogP contribution in [0.2, 0.25) is 0 Å². The number of hydrogen-bond donors (Lipinski definition) is 0. The third kappa shape index (κ3) is 3.83. The molecule has 1 fully saturated rings. The second-order valence-corrected chi connectivity index (χ2v) is 2.33. The first-order chi connectivity index (χ1) is 4.70. The molecule has 0 aromatic heterocycles. The molecular weight excluding hydrogens is 143 g/mol. The van der Waals surface area contributed by atoms with Crippen molar-refractivity contribution >= 4 is 14.4 Å². The van der Waals surface area contributed by atoms with Crippen molar-refractivity contribution in [3.63, 3.8) is 0 Å². The Kier molecular flexibility index (Phi) is 3.89. The lowest BCUT2D eigenvalue weighted by atomic mass is 10.4. The maximum Gasteiger partial charge on any atom is 0.333 e. The van der Waals surface area contributed by atoms with Crippen LogP contribution >= 0.6 is 0 Å². The zero-order valence-electron chi connectivity index (χ0n) is 6.50. The zero-order valence-corrected chi connectivity index (χ0v) is 6.50. The van der Waals surface area contributed by atoms with Crippen LogP contribution in [0.5, 0.6) is 0 Å². The standard InChI is InChI=1S/C7H10O3.B/c1-5(2)7(8)10-4-6-3-9-6;/h6H,1,3-4H2,2H3;. The third-order valence-electron chi connectivity index (χ3n) is 1.15. The van der Waals surface area contributed by atoms with Gasteiger partial charge in [-0.05, 0) is 6.92 Å². The van der Waals surface area contributed by atoms with Crippen LogP contribution < -0.4 is 0 Å². The highest BCUT2D eigenvalue weighted by atomic mass is 16.6. The lowest BCUT2D eigenvalue weighted by molar-refractivity contribution is -0.139. The van der Waals surface area contributed by atoms with E-state index in [9.17, 15) is 4.79 Å². The van der Waals surface area contributed by atoms with Gasteiger partial charge in [0, 0.05) is 14.0 Å². The molecule has 1 rings (SSSR count). The topological polar surface area (TPSA) is 38.8 Å². The van der Waals surface area contributed by atoms with E-state index in [1.807, 2.05) is 0 Å². The van der Waals surface area contributed by atoms with Crippen molar-refractivity contribution in [2.75, 3.05) is 13.2 Å². The summed E-state index contributed by atoms with van der Waals surface area (Å²) in [5.74, 6) is -0.337. The number of epoxide rings is 1. The normalized spacial score (nSPS) is 19.9. The average Bonchev–Trinajstić information content (AvgIpc) is 2.64. The van der Waals surface area contributed by atoms with Gasteiger partial charge in [-0.2, -0.15) is 0 Å². The van der Waals surface area contributed by atoms with Gasteiger partial charge >= 0.3 is 5.97 Å². The van der Waals surface area contributed by atoms with Gasteiger partial charge in [0.2, 0.25) is 0 Å². The van der Waals surface area contributed by atoms with Gasteiger partial charge in [0.15, 0.2) is 0 Å². The number of rotatable bonds is 3. The summed E-state index contributed by atoms with van der Waals surface area (Å²) in [6.07, 6.45) is 0.142. The summed E-state index contributed by atoms with van der Waals surface area (Å²) in [5.41, 5.74) is 0.431. The molecular formula is C7H10BO3. The molecule has 1 aliphatic heterocycles. The molecule has 1 saturated heterocycles. The summed E-state index contributed by atoms with van der Waals surface area (Å²) in [7, 11) is 0. The molecule has 1 aliphatic rings. The Bertz CT molecular complexity index is 163. The predicted molar refractivity (Wildman–Crippen MR) is 41.3 cm³/mol. The molecule has 0 spiro atoms. The summed E-state index contributed by atoms with van der Waals surface area (Å²) in [6, 6.07) is 0. The Hall–Kier alpha value is -0.765. The number of ether oxygens (including phenoxy) is 2. The summed E-state index contributed by atoms with van der Waals surface area (Å²) in [6.45, 7) is 6.14. The van der Waals surface area contributed by atoms with Gasteiger partial charge in [0.1, 0.15) is 12.7 Å². The molecule has 0 saturated carbocycles. The smallest absolute Gasteiger partial charge is 0.333 e. The number of carbonyl (C=O) groups is 1. The first-order valence-corrected chi connectivity index (χ1v) is 3.14. The molecule has 0 N–H and O–H groups in total. The molecule has 1 unspecified atom stereocenters. The lowest BCUT2D eigenvalue weighted by Crippen LogP contribution is -2.09. The monoisotopic (exact) mass is 153 g/mol. The van der Waals surface area contributed by atoms with Crippen molar-refractivity contribution in [3.8, 4) is 0 Å². The van der Waals surface area contributed by atoms with Crippen LogP contribution in [-0.4, -0.2) is 33.7 Å². The zero-order chi connectivity index (χ0) is 7.56. The molecule has 4 heteroatoms. The van der Waals surface area contributed by atoms with E-state index in [4.69, 9.17) is 9.47 Å². The van der Waals surface area contributed by atoms with Crippen LogP contribution in [-0.2, 0) is 14.3 Å². The molecule has 59 valence electrons. The Morgan fingerprint density at radius 2 is 2.36 bits per heavy atom. The van der Waals surface area contributed by atoms with Crippen LogP contribution in [0.1, 0.15) is 6.92 Å². The highest BCUT2D eigenvalue weighted by Gasteiger charge is 2.24. The van der Waals surface area contributed by atoms with E-state index in [2.05, 4.69) is 6.58 Å². The van der Waals surface area contributed by atoms with E-state index < -0.39 is 0 Å². The van der Waals surface area contributed by atoms with Crippen LogP contribution in [0, 0.1) is 0 Å². The van der Waals surface area contributed by atoms with Crippen molar-refractivity contribution in [3.05, 3.63) is 12.2 Å². The SMILES string of the molecule is C=C(C)C(=O)OCC1CO1.[B]. The van der Waals surface area contributed by atoms with E-state index >= 15 is 0 Å². The van der Waals surface area contributed by atoms with Gasteiger partial charge < -0.3 is 9.47 Å². The fourth-order valence-corrected chi connectivity index (χ4v) is 0.456. The quantitative estimate of drug-likeness (QED) is 0.250. The Morgan fingerprint density at radius 1 is 1.82 bits per heavy atom. The van der Waals surface area contributed by atoms with Crippen LogP contribution in [0.25, 0.3) is 0 Å². The van der Waals surface area contributed by atoms with E-state index in [0.29, 0.717) is 18.8 Å². The molecule has 3 radical (unpaired) electrons. The Morgan fingerprint density at radius 3 is 2.73 bits per heavy atom. The summed E-state index contributed by atoms with van der Waals surface area (Å²) < 4.78 is 9.60. The van der Waals surface area contributed by atoms with E-state index in [-0.39, 0.29) is 20.5 Å². The molecule has 0 aromatic rings. The maximum atomic E-state index is 10.7. The first-order valence-electron chi connectivity index (χ1n) is 3.14. The second-order valence-electron chi connectivity index (χ2n) is 2.33. The van der Waals surface area contributed by atoms with Gasteiger partial charge in [-0.1, -0.05) is 6.58 Å². The summed E-state index contributed by atoms with van der Waals surface area (Å²) in [5, 5.41) is 0. The Balaban J connectivity index is 0.000001000. The Labute approximate surface area is 67.9 Å². The maximum absolute atomic E-state index is 10.7. The van der Waals surface area contributed by atoms with Gasteiger partial charge in [0.05, 0.1) is 6.61 Å². The van der Waals surface area contributed by atoms with E-state index in [1.54, 1.807) is 6.92 Å². The highest BCUT2D eigenvalue weighted by Crippen LogP contribution is 2.09. The summed E-state index contributed by atoms with van der Waals surface area (Å²) in [4.78, 5) is 10.7. The van der Waals surface area contributed by atoms with Crippen molar-refractivity contribution in [1.29, 1.82) is 0 Å². The van der Waals surface area contributed by atoms with Crippen LogP contribution in [0.15, 0.2) is 12.2 Å². The fourth-order valence-electron chi connectivity index (χ4n) is 0.456.